The maximum atomic E-state index is 4.53. The Labute approximate surface area is 103 Å². The van der Waals surface area contributed by atoms with Gasteiger partial charge in [0.15, 0.2) is 0 Å². The van der Waals surface area contributed by atoms with Gasteiger partial charge in [0.2, 0.25) is 0 Å². The Hall–Kier alpha value is -1.36. The summed E-state index contributed by atoms with van der Waals surface area (Å²) in [4.78, 5) is 0. The van der Waals surface area contributed by atoms with E-state index in [0.29, 0.717) is 0 Å². The van der Waals surface area contributed by atoms with Gasteiger partial charge in [0.1, 0.15) is 0 Å². The molecule has 2 aromatic heterocycles. The Morgan fingerprint density at radius 1 is 0.941 bits per heavy atom. The molecule has 0 aromatic carbocycles. The second kappa shape index (κ2) is 4.48. The van der Waals surface area contributed by atoms with Crippen LogP contribution >= 0.6 is 0 Å². The van der Waals surface area contributed by atoms with E-state index in [-0.39, 0.29) is 0 Å². The van der Waals surface area contributed by atoms with Crippen molar-refractivity contribution in [1.29, 1.82) is 0 Å². The summed E-state index contributed by atoms with van der Waals surface area (Å²) < 4.78 is 4.35. The molecule has 4 nitrogen and oxygen atoms in total. The smallest absolute Gasteiger partial charge is 0.277 e. The van der Waals surface area contributed by atoms with E-state index in [1.54, 1.807) is 0 Å². The Morgan fingerprint density at radius 3 is 1.59 bits per heavy atom. The molecule has 5 heteroatoms. The van der Waals surface area contributed by atoms with Crippen LogP contribution in [-0.4, -0.2) is 27.3 Å². The van der Waals surface area contributed by atoms with Crippen molar-refractivity contribution in [3.63, 3.8) is 0 Å². The molecule has 0 unspecified atom stereocenters. The highest BCUT2D eigenvalue weighted by atomic mass is 28.3. The Balaban J connectivity index is 2.52. The molecule has 2 heterocycles. The minimum Gasteiger partial charge on any atom is -0.277 e. The number of aromatic nitrogens is 4. The standard InChI is InChI=1S/C12H20N4Si/c1-5-17(6-2,15-9-11(3)7-13-15)16-10-12(4)8-14-16/h7-10H,5-6H2,1-4H3. The lowest BCUT2D eigenvalue weighted by Gasteiger charge is -2.29. The summed E-state index contributed by atoms with van der Waals surface area (Å²) in [7, 11) is -1.84. The summed E-state index contributed by atoms with van der Waals surface area (Å²) in [5.74, 6) is 0. The average Bonchev–Trinajstić information content (AvgIpc) is 2.92. The van der Waals surface area contributed by atoms with E-state index in [9.17, 15) is 0 Å². The number of rotatable bonds is 4. The second-order valence-corrected chi connectivity index (χ2v) is 8.91. The Kier molecular flexibility index (Phi) is 3.19. The third-order valence-corrected chi connectivity index (χ3v) is 7.87. The summed E-state index contributed by atoms with van der Waals surface area (Å²) >= 11 is 0. The van der Waals surface area contributed by atoms with Gasteiger partial charge in [-0.1, -0.05) is 13.8 Å². The molecule has 0 amide bonds. The van der Waals surface area contributed by atoms with E-state index >= 15 is 0 Å². The molecule has 0 aliphatic carbocycles. The molecule has 0 bridgehead atoms. The van der Waals surface area contributed by atoms with Gasteiger partial charge >= 0.3 is 8.40 Å². The average molecular weight is 248 g/mol. The summed E-state index contributed by atoms with van der Waals surface area (Å²) in [6, 6.07) is 2.21. The van der Waals surface area contributed by atoms with E-state index in [1.165, 1.54) is 11.1 Å². The first-order chi connectivity index (χ1) is 8.12. The van der Waals surface area contributed by atoms with Crippen LogP contribution in [0.15, 0.2) is 24.8 Å². The zero-order valence-corrected chi connectivity index (χ0v) is 12.0. The highest BCUT2D eigenvalue weighted by Gasteiger charge is 2.36. The van der Waals surface area contributed by atoms with Gasteiger partial charge in [-0.2, -0.15) is 10.2 Å². The minimum atomic E-state index is -1.84. The minimum absolute atomic E-state index is 1.10. The molecule has 0 saturated heterocycles. The van der Waals surface area contributed by atoms with Gasteiger partial charge in [-0.3, -0.25) is 8.69 Å². The van der Waals surface area contributed by atoms with Crippen LogP contribution in [0.1, 0.15) is 25.0 Å². The van der Waals surface area contributed by atoms with Gasteiger partial charge in [-0.05, 0) is 37.1 Å². The summed E-state index contributed by atoms with van der Waals surface area (Å²) in [5, 5.41) is 9.07. The molecule has 0 N–H and O–H groups in total. The molecule has 0 atom stereocenters. The normalized spacial score (nSPS) is 12.0. The molecule has 92 valence electrons. The lowest BCUT2D eigenvalue weighted by Crippen LogP contribution is -2.50. The molecule has 2 aromatic rings. The summed E-state index contributed by atoms with van der Waals surface area (Å²) in [6.45, 7) is 8.65. The summed E-state index contributed by atoms with van der Waals surface area (Å²) in [5.41, 5.74) is 2.43. The first kappa shape index (κ1) is 12.1. The van der Waals surface area contributed by atoms with E-state index in [0.717, 1.165) is 12.1 Å². The molecule has 17 heavy (non-hydrogen) atoms. The van der Waals surface area contributed by atoms with Gasteiger partial charge < -0.3 is 0 Å². The number of hydrogen-bond donors (Lipinski definition) is 0. The van der Waals surface area contributed by atoms with Crippen molar-refractivity contribution >= 4 is 8.40 Å². The van der Waals surface area contributed by atoms with E-state index < -0.39 is 8.40 Å². The van der Waals surface area contributed by atoms with Crippen molar-refractivity contribution in [1.82, 2.24) is 18.9 Å². The molecule has 0 spiro atoms. The third kappa shape index (κ3) is 1.95. The van der Waals surface area contributed by atoms with Gasteiger partial charge in [-0.15, -0.1) is 0 Å². The van der Waals surface area contributed by atoms with Crippen LogP contribution in [0.25, 0.3) is 0 Å². The van der Waals surface area contributed by atoms with E-state index in [4.69, 9.17) is 0 Å². The molecule has 0 fully saturated rings. The van der Waals surface area contributed by atoms with Gasteiger partial charge in [0.05, 0.1) is 12.4 Å². The predicted octanol–water partition coefficient (Wildman–Crippen LogP) is 2.57. The maximum Gasteiger partial charge on any atom is 0.308 e. The van der Waals surface area contributed by atoms with Crippen molar-refractivity contribution < 1.29 is 0 Å². The largest absolute Gasteiger partial charge is 0.308 e. The fourth-order valence-corrected chi connectivity index (χ4v) is 5.72. The number of nitrogens with zero attached hydrogens (tertiary/aromatic N) is 4. The Morgan fingerprint density at radius 2 is 1.35 bits per heavy atom. The number of hydrogen-bond acceptors (Lipinski definition) is 2. The van der Waals surface area contributed by atoms with Crippen molar-refractivity contribution in [3.8, 4) is 0 Å². The van der Waals surface area contributed by atoms with Crippen molar-refractivity contribution in [2.45, 2.75) is 39.8 Å². The monoisotopic (exact) mass is 248 g/mol. The van der Waals surface area contributed by atoms with Crippen LogP contribution in [0.2, 0.25) is 12.1 Å². The summed E-state index contributed by atoms with van der Waals surface area (Å²) in [6.07, 6.45) is 8.17. The van der Waals surface area contributed by atoms with Crippen LogP contribution in [-0.2, 0) is 0 Å². The molecular formula is C12H20N4Si. The van der Waals surface area contributed by atoms with Crippen molar-refractivity contribution in [2.75, 3.05) is 0 Å². The predicted molar refractivity (Wildman–Crippen MR) is 71.4 cm³/mol. The van der Waals surface area contributed by atoms with Crippen LogP contribution in [0.5, 0.6) is 0 Å². The van der Waals surface area contributed by atoms with E-state index in [1.807, 2.05) is 12.4 Å². The molecule has 0 aliphatic rings. The number of aryl methyl sites for hydroxylation is 2. The highest BCUT2D eigenvalue weighted by molar-refractivity contribution is 6.76. The molecule has 0 radical (unpaired) electrons. The van der Waals surface area contributed by atoms with Crippen molar-refractivity contribution in [2.24, 2.45) is 0 Å². The molecule has 2 rings (SSSR count). The lowest BCUT2D eigenvalue weighted by atomic mass is 10.4. The second-order valence-electron chi connectivity index (χ2n) is 4.61. The van der Waals surface area contributed by atoms with Crippen LogP contribution < -0.4 is 0 Å². The van der Waals surface area contributed by atoms with Gasteiger partial charge in [0.25, 0.3) is 0 Å². The van der Waals surface area contributed by atoms with E-state index in [2.05, 4.69) is 59.0 Å². The van der Waals surface area contributed by atoms with Crippen LogP contribution in [0, 0.1) is 13.8 Å². The Bertz CT molecular complexity index is 454. The zero-order valence-electron chi connectivity index (χ0n) is 11.0. The first-order valence-corrected chi connectivity index (χ1v) is 8.46. The maximum absolute atomic E-state index is 4.53. The molecular weight excluding hydrogens is 228 g/mol. The highest BCUT2D eigenvalue weighted by Crippen LogP contribution is 2.20. The quantitative estimate of drug-likeness (QED) is 0.780. The molecule has 0 saturated carbocycles. The first-order valence-electron chi connectivity index (χ1n) is 6.16. The fourth-order valence-electron chi connectivity index (χ4n) is 2.28. The SMILES string of the molecule is CC[Si](CC)(n1cc(C)cn1)n1cc(C)cn1. The fraction of sp³-hybridized carbons (Fsp3) is 0.500. The third-order valence-electron chi connectivity index (χ3n) is 3.41. The van der Waals surface area contributed by atoms with Gasteiger partial charge in [0, 0.05) is 12.4 Å². The van der Waals surface area contributed by atoms with Crippen LogP contribution in [0.4, 0.5) is 0 Å². The zero-order chi connectivity index (χ0) is 12.5. The lowest BCUT2D eigenvalue weighted by molar-refractivity contribution is 0.786. The van der Waals surface area contributed by atoms with Crippen LogP contribution in [0.3, 0.4) is 0 Å². The van der Waals surface area contributed by atoms with Crippen molar-refractivity contribution in [3.05, 3.63) is 35.9 Å². The molecule has 0 aliphatic heterocycles. The van der Waals surface area contributed by atoms with Gasteiger partial charge in [-0.25, -0.2) is 0 Å². The topological polar surface area (TPSA) is 35.6 Å².